The fourth-order valence-electron chi connectivity index (χ4n) is 2.31. The molecule has 1 aromatic rings. The first kappa shape index (κ1) is 15.5. The summed E-state index contributed by atoms with van der Waals surface area (Å²) in [7, 11) is 3.59. The van der Waals surface area contributed by atoms with Crippen molar-refractivity contribution in [3.05, 3.63) is 34.3 Å². The van der Waals surface area contributed by atoms with E-state index < -0.39 is 0 Å². The van der Waals surface area contributed by atoms with Gasteiger partial charge in [-0.25, -0.2) is 0 Å². The minimum atomic E-state index is 0.0776. The van der Waals surface area contributed by atoms with E-state index in [4.69, 9.17) is 4.74 Å². The minimum Gasteiger partial charge on any atom is -0.371 e. The summed E-state index contributed by atoms with van der Waals surface area (Å²) in [4.78, 5) is 15.6. The molecule has 0 bridgehead atoms. The minimum absolute atomic E-state index is 0.0776. The van der Waals surface area contributed by atoms with Gasteiger partial charge in [0.15, 0.2) is 0 Å². The van der Waals surface area contributed by atoms with Crippen molar-refractivity contribution in [2.75, 3.05) is 40.3 Å². The van der Waals surface area contributed by atoms with Gasteiger partial charge in [-0.05, 0) is 11.6 Å². The van der Waals surface area contributed by atoms with Crippen LogP contribution in [-0.2, 0) is 9.53 Å². The van der Waals surface area contributed by atoms with Gasteiger partial charge in [0.25, 0.3) is 0 Å². The lowest BCUT2D eigenvalue weighted by Gasteiger charge is -2.33. The number of amides is 1. The number of carbonyl (C=O) groups is 1. The molecule has 0 aromatic heterocycles. The molecular weight excluding hydrogens is 320 g/mol. The largest absolute Gasteiger partial charge is 0.371 e. The topological polar surface area (TPSA) is 32.8 Å². The number of hydrogen-bond donors (Lipinski definition) is 0. The normalized spacial score (nSPS) is 19.9. The molecule has 0 radical (unpaired) electrons. The van der Waals surface area contributed by atoms with Crippen LogP contribution in [0.5, 0.6) is 0 Å². The number of nitrogens with zero attached hydrogens (tertiary/aromatic N) is 2. The number of hydrogen-bond acceptors (Lipinski definition) is 3. The molecule has 1 aliphatic heterocycles. The summed E-state index contributed by atoms with van der Waals surface area (Å²) in [5.41, 5.74) is 1.18. The predicted molar refractivity (Wildman–Crippen MR) is 82.6 cm³/mol. The molecule has 20 heavy (non-hydrogen) atoms. The van der Waals surface area contributed by atoms with Crippen LogP contribution >= 0.6 is 15.9 Å². The van der Waals surface area contributed by atoms with Crippen molar-refractivity contribution in [2.24, 2.45) is 0 Å². The summed E-state index contributed by atoms with van der Waals surface area (Å²) < 4.78 is 6.94. The van der Waals surface area contributed by atoms with Crippen LogP contribution in [0.25, 0.3) is 0 Å². The second-order valence-electron chi connectivity index (χ2n) is 5.22. The van der Waals surface area contributed by atoms with Crippen LogP contribution < -0.4 is 0 Å². The van der Waals surface area contributed by atoms with Gasteiger partial charge < -0.3 is 9.64 Å². The lowest BCUT2D eigenvalue weighted by Crippen LogP contribution is -2.40. The highest BCUT2D eigenvalue weighted by Gasteiger charge is 2.23. The Bertz CT molecular complexity index is 465. The van der Waals surface area contributed by atoms with E-state index in [0.717, 1.165) is 24.1 Å². The lowest BCUT2D eigenvalue weighted by atomic mass is 10.1. The molecule has 1 amide bonds. The number of halogens is 1. The molecule has 1 heterocycles. The van der Waals surface area contributed by atoms with Gasteiger partial charge in [0.1, 0.15) is 0 Å². The van der Waals surface area contributed by atoms with Gasteiger partial charge in [-0.15, -0.1) is 0 Å². The van der Waals surface area contributed by atoms with Gasteiger partial charge in [0.2, 0.25) is 5.91 Å². The zero-order valence-corrected chi connectivity index (χ0v) is 13.6. The highest BCUT2D eigenvalue weighted by Crippen LogP contribution is 2.28. The molecule has 0 aliphatic carbocycles. The summed E-state index contributed by atoms with van der Waals surface area (Å²) in [5.74, 6) is 0.175. The second-order valence-corrected chi connectivity index (χ2v) is 6.07. The maximum Gasteiger partial charge on any atom is 0.223 e. The van der Waals surface area contributed by atoms with Crippen molar-refractivity contribution in [1.29, 1.82) is 0 Å². The Labute approximate surface area is 128 Å². The van der Waals surface area contributed by atoms with Crippen molar-refractivity contribution >= 4 is 21.8 Å². The van der Waals surface area contributed by atoms with E-state index in [0.29, 0.717) is 13.0 Å². The Morgan fingerprint density at radius 1 is 1.45 bits per heavy atom. The Hall–Kier alpha value is -0.910. The van der Waals surface area contributed by atoms with E-state index in [2.05, 4.69) is 26.9 Å². The first-order valence-electron chi connectivity index (χ1n) is 6.86. The average Bonchev–Trinajstić information content (AvgIpc) is 2.45. The highest BCUT2D eigenvalue weighted by atomic mass is 79.9. The molecule has 0 saturated carbocycles. The van der Waals surface area contributed by atoms with Crippen molar-refractivity contribution in [2.45, 2.75) is 12.5 Å². The van der Waals surface area contributed by atoms with Crippen molar-refractivity contribution in [1.82, 2.24) is 9.80 Å². The van der Waals surface area contributed by atoms with Crippen LogP contribution in [0.1, 0.15) is 18.1 Å². The summed E-state index contributed by atoms with van der Waals surface area (Å²) >= 11 is 3.57. The molecule has 1 atom stereocenters. The SMILES string of the molecule is CN(C)C(=O)CCN1CCO[C@H](c2ccccc2Br)C1. The first-order chi connectivity index (χ1) is 9.58. The van der Waals surface area contributed by atoms with E-state index in [1.165, 1.54) is 5.56 Å². The Morgan fingerprint density at radius 3 is 2.90 bits per heavy atom. The summed E-state index contributed by atoms with van der Waals surface area (Å²) in [5, 5.41) is 0. The first-order valence-corrected chi connectivity index (χ1v) is 7.66. The third-order valence-electron chi connectivity index (χ3n) is 3.54. The van der Waals surface area contributed by atoms with Gasteiger partial charge in [0, 0.05) is 44.6 Å². The molecule has 1 saturated heterocycles. The zero-order chi connectivity index (χ0) is 14.5. The molecule has 0 spiro atoms. The zero-order valence-electron chi connectivity index (χ0n) is 12.0. The smallest absolute Gasteiger partial charge is 0.223 e. The third-order valence-corrected chi connectivity index (χ3v) is 4.27. The van der Waals surface area contributed by atoms with Gasteiger partial charge in [-0.2, -0.15) is 0 Å². The maximum atomic E-state index is 11.7. The molecule has 1 aromatic carbocycles. The van der Waals surface area contributed by atoms with Gasteiger partial charge in [-0.3, -0.25) is 9.69 Å². The number of benzene rings is 1. The van der Waals surface area contributed by atoms with E-state index in [1.54, 1.807) is 19.0 Å². The fraction of sp³-hybridized carbons (Fsp3) is 0.533. The standard InChI is InChI=1S/C15H21BrN2O2/c1-17(2)15(19)7-8-18-9-10-20-14(11-18)12-5-3-4-6-13(12)16/h3-6,14H,7-11H2,1-2H3/t14-/m0/s1. The van der Waals surface area contributed by atoms with E-state index >= 15 is 0 Å². The Balaban J connectivity index is 1.92. The molecule has 110 valence electrons. The van der Waals surface area contributed by atoms with Crippen LogP contribution in [0.3, 0.4) is 0 Å². The molecule has 0 N–H and O–H groups in total. The molecule has 0 unspecified atom stereocenters. The average molecular weight is 341 g/mol. The quantitative estimate of drug-likeness (QED) is 0.843. The number of rotatable bonds is 4. The van der Waals surface area contributed by atoms with Gasteiger partial charge in [-0.1, -0.05) is 34.1 Å². The number of carbonyl (C=O) groups excluding carboxylic acids is 1. The maximum absolute atomic E-state index is 11.7. The van der Waals surface area contributed by atoms with Crippen LogP contribution in [0, 0.1) is 0 Å². The van der Waals surface area contributed by atoms with Crippen LogP contribution in [0.2, 0.25) is 0 Å². The number of morpholine rings is 1. The van der Waals surface area contributed by atoms with Crippen molar-refractivity contribution in [3.63, 3.8) is 0 Å². The van der Waals surface area contributed by atoms with E-state index in [9.17, 15) is 4.79 Å². The molecule has 1 fully saturated rings. The molecule has 4 nitrogen and oxygen atoms in total. The second kappa shape index (κ2) is 7.20. The summed E-state index contributed by atoms with van der Waals surface area (Å²) in [6.45, 7) is 3.23. The van der Waals surface area contributed by atoms with E-state index in [-0.39, 0.29) is 12.0 Å². The molecular formula is C15H21BrN2O2. The third kappa shape index (κ3) is 4.04. The molecule has 1 aliphatic rings. The van der Waals surface area contributed by atoms with Crippen molar-refractivity contribution in [3.8, 4) is 0 Å². The number of ether oxygens (including phenoxy) is 1. The lowest BCUT2D eigenvalue weighted by molar-refractivity contribution is -0.129. The Kier molecular flexibility index (Phi) is 5.57. The fourth-order valence-corrected chi connectivity index (χ4v) is 2.85. The summed E-state index contributed by atoms with van der Waals surface area (Å²) in [6, 6.07) is 8.15. The van der Waals surface area contributed by atoms with Gasteiger partial charge in [0.05, 0.1) is 12.7 Å². The summed E-state index contributed by atoms with van der Waals surface area (Å²) in [6.07, 6.45) is 0.643. The van der Waals surface area contributed by atoms with Crippen LogP contribution in [0.4, 0.5) is 0 Å². The molecule has 2 rings (SSSR count). The van der Waals surface area contributed by atoms with Gasteiger partial charge >= 0.3 is 0 Å². The highest BCUT2D eigenvalue weighted by molar-refractivity contribution is 9.10. The van der Waals surface area contributed by atoms with E-state index in [1.807, 2.05) is 18.2 Å². The van der Waals surface area contributed by atoms with Crippen molar-refractivity contribution < 1.29 is 9.53 Å². The molecule has 5 heteroatoms. The van der Waals surface area contributed by atoms with Crippen LogP contribution in [0.15, 0.2) is 28.7 Å². The Morgan fingerprint density at radius 2 is 2.20 bits per heavy atom. The predicted octanol–water partition coefficient (Wildman–Crippen LogP) is 2.30. The monoisotopic (exact) mass is 340 g/mol. The van der Waals surface area contributed by atoms with Crippen LogP contribution in [-0.4, -0.2) is 56.0 Å².